The molecule has 0 aromatic carbocycles. The number of nitriles is 1. The Kier molecular flexibility index (Phi) is 7.03. The van der Waals surface area contributed by atoms with Gasteiger partial charge in [-0.15, -0.1) is 10.2 Å². The van der Waals surface area contributed by atoms with Crippen molar-refractivity contribution in [3.05, 3.63) is 5.89 Å². The molecule has 2 atom stereocenters. The molecule has 0 aliphatic rings. The molecule has 1 aromatic rings. The summed E-state index contributed by atoms with van der Waals surface area (Å²) in [5, 5.41) is 20.4. The fourth-order valence-electron chi connectivity index (χ4n) is 2.00. The fourth-order valence-corrected chi connectivity index (χ4v) is 2.57. The van der Waals surface area contributed by atoms with E-state index in [4.69, 9.17) is 4.42 Å². The number of hydrogen-bond acceptors (Lipinski definition) is 6. The summed E-state index contributed by atoms with van der Waals surface area (Å²) in [6, 6.07) is 2.30. The summed E-state index contributed by atoms with van der Waals surface area (Å²) in [6.45, 7) is 7.58. The van der Waals surface area contributed by atoms with Crippen LogP contribution in [0.3, 0.4) is 0 Å². The standard InChI is InChI=1S/C15H25N5O2S/c1-7-11(20(5)6)13-18-19-14(22-13)23-8-12(21)17-15(4,9-16)10(2)3/h10-11H,7-8H2,1-6H3,(H,17,21)/p+1/t11-,15-/m1/s1. The van der Waals surface area contributed by atoms with Gasteiger partial charge in [0.2, 0.25) is 5.91 Å². The smallest absolute Gasteiger partial charge is 0.277 e. The van der Waals surface area contributed by atoms with Crippen LogP contribution in [0.15, 0.2) is 9.64 Å². The van der Waals surface area contributed by atoms with Gasteiger partial charge in [0.15, 0.2) is 6.04 Å². The van der Waals surface area contributed by atoms with Crippen molar-refractivity contribution in [3.8, 4) is 6.07 Å². The number of aromatic nitrogens is 2. The average molecular weight is 340 g/mol. The van der Waals surface area contributed by atoms with E-state index in [0.29, 0.717) is 11.1 Å². The number of amides is 1. The zero-order chi connectivity index (χ0) is 17.6. The molecule has 0 saturated carbocycles. The first-order chi connectivity index (χ1) is 10.7. The second kappa shape index (κ2) is 8.31. The van der Waals surface area contributed by atoms with Gasteiger partial charge in [0.1, 0.15) is 5.54 Å². The minimum Gasteiger partial charge on any atom is -0.410 e. The van der Waals surface area contributed by atoms with Crippen LogP contribution in [0.5, 0.6) is 0 Å². The van der Waals surface area contributed by atoms with Gasteiger partial charge in [0.25, 0.3) is 11.1 Å². The van der Waals surface area contributed by atoms with Crippen molar-refractivity contribution in [1.29, 1.82) is 5.26 Å². The largest absolute Gasteiger partial charge is 0.410 e. The molecule has 1 aromatic heterocycles. The first kappa shape index (κ1) is 19.5. The molecule has 0 bridgehead atoms. The predicted octanol–water partition coefficient (Wildman–Crippen LogP) is 0.812. The van der Waals surface area contributed by atoms with E-state index >= 15 is 0 Å². The van der Waals surface area contributed by atoms with Crippen LogP contribution in [-0.2, 0) is 4.79 Å². The van der Waals surface area contributed by atoms with Crippen LogP contribution in [0.2, 0.25) is 0 Å². The molecular formula is C15H26N5O2S+. The summed E-state index contributed by atoms with van der Waals surface area (Å²) in [5.41, 5.74) is -0.876. The SMILES string of the molecule is CC[C@H](c1nnc(SCC(=O)N[C@](C)(C#N)C(C)C)o1)[NH+](C)C. The quantitative estimate of drug-likeness (QED) is 0.680. The van der Waals surface area contributed by atoms with Crippen LogP contribution in [-0.4, -0.2) is 41.5 Å². The van der Waals surface area contributed by atoms with Crippen LogP contribution in [0, 0.1) is 17.2 Å². The molecule has 2 N–H and O–H groups in total. The van der Waals surface area contributed by atoms with Crippen LogP contribution < -0.4 is 10.2 Å². The highest BCUT2D eigenvalue weighted by atomic mass is 32.2. The highest BCUT2D eigenvalue weighted by molar-refractivity contribution is 7.99. The second-order valence-corrected chi connectivity index (χ2v) is 7.18. The molecule has 0 radical (unpaired) electrons. The normalized spacial score (nSPS) is 15.3. The first-order valence-corrected chi connectivity index (χ1v) is 8.70. The zero-order valence-electron chi connectivity index (χ0n) is 14.6. The van der Waals surface area contributed by atoms with E-state index in [0.717, 1.165) is 6.42 Å². The minimum atomic E-state index is -0.876. The molecule has 1 rings (SSSR count). The number of rotatable bonds is 8. The van der Waals surface area contributed by atoms with E-state index in [1.807, 2.05) is 27.9 Å². The molecule has 0 unspecified atom stereocenters. The third-order valence-corrected chi connectivity index (χ3v) is 4.76. The van der Waals surface area contributed by atoms with Gasteiger partial charge in [-0.05, 0) is 12.8 Å². The van der Waals surface area contributed by atoms with Gasteiger partial charge in [-0.25, -0.2) is 0 Å². The fraction of sp³-hybridized carbons (Fsp3) is 0.733. The predicted molar refractivity (Wildman–Crippen MR) is 87.9 cm³/mol. The lowest BCUT2D eigenvalue weighted by molar-refractivity contribution is -0.894. The lowest BCUT2D eigenvalue weighted by Crippen LogP contribution is -3.06. The summed E-state index contributed by atoms with van der Waals surface area (Å²) in [6.07, 6.45) is 0.893. The van der Waals surface area contributed by atoms with Gasteiger partial charge in [0.05, 0.1) is 25.9 Å². The lowest BCUT2D eigenvalue weighted by Gasteiger charge is -2.27. The van der Waals surface area contributed by atoms with Crippen LogP contribution >= 0.6 is 11.8 Å². The highest BCUT2D eigenvalue weighted by Gasteiger charge is 2.30. The number of hydrogen-bond donors (Lipinski definition) is 2. The van der Waals surface area contributed by atoms with Crippen molar-refractivity contribution in [2.45, 2.75) is 50.9 Å². The van der Waals surface area contributed by atoms with Gasteiger partial charge in [-0.1, -0.05) is 32.5 Å². The second-order valence-electron chi connectivity index (χ2n) is 6.25. The zero-order valence-corrected chi connectivity index (χ0v) is 15.5. The molecule has 0 aliphatic heterocycles. The van der Waals surface area contributed by atoms with Gasteiger partial charge in [0, 0.05) is 6.42 Å². The average Bonchev–Trinajstić information content (AvgIpc) is 2.93. The van der Waals surface area contributed by atoms with Crippen molar-refractivity contribution in [3.63, 3.8) is 0 Å². The Morgan fingerprint density at radius 1 is 1.48 bits per heavy atom. The van der Waals surface area contributed by atoms with Crippen molar-refractivity contribution in [2.24, 2.45) is 5.92 Å². The number of quaternary nitrogens is 1. The maximum absolute atomic E-state index is 12.0. The molecular weight excluding hydrogens is 314 g/mol. The third-order valence-electron chi connectivity index (χ3n) is 3.94. The molecule has 0 saturated heterocycles. The van der Waals surface area contributed by atoms with Crippen LogP contribution in [0.1, 0.15) is 46.0 Å². The maximum atomic E-state index is 12.0. The maximum Gasteiger partial charge on any atom is 0.277 e. The summed E-state index contributed by atoms with van der Waals surface area (Å²) in [5.74, 6) is 0.513. The monoisotopic (exact) mass is 340 g/mol. The molecule has 1 heterocycles. The number of carbonyl (C=O) groups excluding carboxylic acids is 1. The van der Waals surface area contributed by atoms with E-state index < -0.39 is 5.54 Å². The lowest BCUT2D eigenvalue weighted by atomic mass is 9.90. The number of thioether (sulfide) groups is 1. The molecule has 128 valence electrons. The summed E-state index contributed by atoms with van der Waals surface area (Å²) >= 11 is 1.18. The Bertz CT molecular complexity index is 566. The van der Waals surface area contributed by atoms with Crippen molar-refractivity contribution >= 4 is 17.7 Å². The number of nitrogens with zero attached hydrogens (tertiary/aromatic N) is 3. The first-order valence-electron chi connectivity index (χ1n) is 7.72. The van der Waals surface area contributed by atoms with Gasteiger partial charge < -0.3 is 14.6 Å². The minimum absolute atomic E-state index is 0.0184. The Hall–Kier alpha value is -1.59. The summed E-state index contributed by atoms with van der Waals surface area (Å²) < 4.78 is 5.63. The highest BCUT2D eigenvalue weighted by Crippen LogP contribution is 2.20. The third kappa shape index (κ3) is 5.22. The van der Waals surface area contributed by atoms with E-state index in [1.165, 1.54) is 16.7 Å². The Balaban J connectivity index is 2.61. The van der Waals surface area contributed by atoms with E-state index in [-0.39, 0.29) is 23.6 Å². The van der Waals surface area contributed by atoms with Crippen molar-refractivity contribution in [2.75, 3.05) is 19.8 Å². The van der Waals surface area contributed by atoms with Crippen LogP contribution in [0.25, 0.3) is 0 Å². The molecule has 0 fully saturated rings. The molecule has 8 heteroatoms. The van der Waals surface area contributed by atoms with Gasteiger partial charge in [-0.3, -0.25) is 4.79 Å². The van der Waals surface area contributed by atoms with E-state index in [1.54, 1.807) is 6.92 Å². The summed E-state index contributed by atoms with van der Waals surface area (Å²) in [4.78, 5) is 13.2. The van der Waals surface area contributed by atoms with Crippen molar-refractivity contribution in [1.82, 2.24) is 15.5 Å². The van der Waals surface area contributed by atoms with E-state index in [2.05, 4.69) is 28.5 Å². The van der Waals surface area contributed by atoms with Gasteiger partial charge >= 0.3 is 0 Å². The van der Waals surface area contributed by atoms with E-state index in [9.17, 15) is 10.1 Å². The van der Waals surface area contributed by atoms with Gasteiger partial charge in [-0.2, -0.15) is 5.26 Å². The molecule has 7 nitrogen and oxygen atoms in total. The van der Waals surface area contributed by atoms with Crippen molar-refractivity contribution < 1.29 is 14.1 Å². The Labute approximate surface area is 141 Å². The molecule has 0 spiro atoms. The molecule has 23 heavy (non-hydrogen) atoms. The molecule has 1 amide bonds. The Morgan fingerprint density at radius 2 is 2.13 bits per heavy atom. The number of carbonyl (C=O) groups is 1. The van der Waals surface area contributed by atoms with Crippen LogP contribution in [0.4, 0.5) is 0 Å². The Morgan fingerprint density at radius 3 is 2.61 bits per heavy atom. The summed E-state index contributed by atoms with van der Waals surface area (Å²) in [7, 11) is 4.07. The molecule has 0 aliphatic carbocycles. The number of nitrogens with one attached hydrogen (secondary N) is 2. The topological polar surface area (TPSA) is 96.2 Å².